The Hall–Kier alpha value is -1.16. The van der Waals surface area contributed by atoms with Crippen LogP contribution in [-0.4, -0.2) is 31.0 Å². The van der Waals surface area contributed by atoms with Crippen molar-refractivity contribution in [2.24, 2.45) is 0 Å². The zero-order chi connectivity index (χ0) is 14.1. The maximum absolute atomic E-state index is 12.4. The Bertz CT molecular complexity index is 527. The fraction of sp³-hybridized carbons (Fsp3) is 0.562. The molecule has 1 heterocycles. The molecule has 0 saturated heterocycles. The average molecular weight is 292 g/mol. The summed E-state index contributed by atoms with van der Waals surface area (Å²) in [7, 11) is 3.31. The van der Waals surface area contributed by atoms with Gasteiger partial charge in [-0.1, -0.05) is 12.8 Å². The summed E-state index contributed by atoms with van der Waals surface area (Å²) in [6.07, 6.45) is 4.84. The number of fused-ring (bicyclic) bond motifs is 3. The molecule has 0 spiro atoms. The van der Waals surface area contributed by atoms with Crippen molar-refractivity contribution >= 4 is 17.5 Å². The minimum Gasteiger partial charge on any atom is -0.493 e. The van der Waals surface area contributed by atoms with E-state index in [1.165, 1.54) is 19.3 Å². The highest BCUT2D eigenvalue weighted by molar-refractivity contribution is 8.00. The minimum absolute atomic E-state index is 0.223. The maximum atomic E-state index is 12.4. The number of hydrogen-bond acceptors (Lipinski definition) is 4. The number of carbonyl (C=O) groups excluding carboxylic acids is 1. The molecule has 0 N–H and O–H groups in total. The van der Waals surface area contributed by atoms with E-state index in [1.54, 1.807) is 14.2 Å². The molecule has 1 fully saturated rings. The number of thioether (sulfide) groups is 1. The van der Waals surface area contributed by atoms with Crippen molar-refractivity contribution in [3.63, 3.8) is 0 Å². The summed E-state index contributed by atoms with van der Waals surface area (Å²) < 4.78 is 11.0. The Morgan fingerprint density at radius 1 is 1.15 bits per heavy atom. The average Bonchev–Trinajstić information content (AvgIpc) is 2.64. The first kappa shape index (κ1) is 13.8. The van der Waals surface area contributed by atoms with Crippen molar-refractivity contribution < 1.29 is 14.3 Å². The normalized spacial score (nSPS) is 25.4. The zero-order valence-corrected chi connectivity index (χ0v) is 12.8. The number of hydrogen-bond donors (Lipinski definition) is 0. The number of ether oxygens (including phenoxy) is 2. The van der Waals surface area contributed by atoms with Crippen LogP contribution in [0.15, 0.2) is 12.1 Å². The van der Waals surface area contributed by atoms with Crippen molar-refractivity contribution in [2.75, 3.05) is 20.0 Å². The van der Waals surface area contributed by atoms with E-state index in [4.69, 9.17) is 9.47 Å². The lowest BCUT2D eigenvalue weighted by Gasteiger charge is -2.31. The monoisotopic (exact) mass is 292 g/mol. The van der Waals surface area contributed by atoms with E-state index in [1.807, 2.05) is 23.9 Å². The van der Waals surface area contributed by atoms with Gasteiger partial charge < -0.3 is 9.47 Å². The second-order valence-electron chi connectivity index (χ2n) is 5.43. The molecule has 0 radical (unpaired) electrons. The topological polar surface area (TPSA) is 35.5 Å². The number of rotatable bonds is 2. The molecule has 0 unspecified atom stereocenters. The van der Waals surface area contributed by atoms with Gasteiger partial charge in [0.15, 0.2) is 17.3 Å². The van der Waals surface area contributed by atoms with Gasteiger partial charge in [-0.25, -0.2) is 0 Å². The smallest absolute Gasteiger partial charge is 0.173 e. The Morgan fingerprint density at radius 3 is 2.70 bits per heavy atom. The van der Waals surface area contributed by atoms with Crippen LogP contribution in [0.2, 0.25) is 0 Å². The fourth-order valence-corrected chi connectivity index (χ4v) is 4.81. The van der Waals surface area contributed by atoms with Gasteiger partial charge in [-0.3, -0.25) is 4.79 Å². The molecule has 1 aliphatic carbocycles. The number of ketones is 1. The van der Waals surface area contributed by atoms with E-state index in [0.29, 0.717) is 16.9 Å². The molecule has 108 valence electrons. The predicted octanol–water partition coefficient (Wildman–Crippen LogP) is 3.66. The standard InChI is InChI=1S/C16H20O3S/c1-18-13-8-7-10-12(17)9-20-14-6-4-3-5-11(14)15(10)16(13)19-2/h7-8,11,14H,3-6,9H2,1-2H3/t11-,14+/m0/s1. The zero-order valence-electron chi connectivity index (χ0n) is 12.0. The van der Waals surface area contributed by atoms with Crippen LogP contribution >= 0.6 is 11.8 Å². The van der Waals surface area contributed by atoms with Crippen molar-refractivity contribution in [3.05, 3.63) is 23.3 Å². The third kappa shape index (κ3) is 2.20. The molecule has 1 aromatic rings. The molecule has 4 heteroatoms. The van der Waals surface area contributed by atoms with Gasteiger partial charge in [0.25, 0.3) is 0 Å². The lowest BCUT2D eigenvalue weighted by Crippen LogP contribution is -2.20. The van der Waals surface area contributed by atoms with E-state index < -0.39 is 0 Å². The van der Waals surface area contributed by atoms with Crippen LogP contribution in [0.3, 0.4) is 0 Å². The lowest BCUT2D eigenvalue weighted by atomic mass is 9.80. The van der Waals surface area contributed by atoms with Gasteiger partial charge in [-0.05, 0) is 25.0 Å². The summed E-state index contributed by atoms with van der Waals surface area (Å²) in [6, 6.07) is 3.76. The number of carbonyl (C=O) groups is 1. The number of benzene rings is 1. The highest BCUT2D eigenvalue weighted by Gasteiger charge is 2.36. The highest BCUT2D eigenvalue weighted by atomic mass is 32.2. The van der Waals surface area contributed by atoms with Gasteiger partial charge in [0.1, 0.15) is 0 Å². The van der Waals surface area contributed by atoms with Crippen molar-refractivity contribution in [1.29, 1.82) is 0 Å². The molecule has 2 aliphatic rings. The summed E-state index contributed by atoms with van der Waals surface area (Å²) in [5, 5.41) is 0.537. The molecule has 0 amide bonds. The summed E-state index contributed by atoms with van der Waals surface area (Å²) in [6.45, 7) is 0. The third-order valence-corrected chi connectivity index (χ3v) is 5.81. The molecule has 1 aliphatic heterocycles. The summed E-state index contributed by atoms with van der Waals surface area (Å²) >= 11 is 1.82. The van der Waals surface area contributed by atoms with Crippen molar-refractivity contribution in [2.45, 2.75) is 36.9 Å². The molecule has 0 bridgehead atoms. The molecule has 3 nitrogen and oxygen atoms in total. The van der Waals surface area contributed by atoms with Gasteiger partial charge in [0, 0.05) is 22.3 Å². The van der Waals surface area contributed by atoms with Crippen LogP contribution in [-0.2, 0) is 0 Å². The summed E-state index contributed by atoms with van der Waals surface area (Å²) in [5.41, 5.74) is 1.93. The predicted molar refractivity (Wildman–Crippen MR) is 81.3 cm³/mol. The van der Waals surface area contributed by atoms with Crippen molar-refractivity contribution in [1.82, 2.24) is 0 Å². The summed E-state index contributed by atoms with van der Waals surface area (Å²) in [4.78, 5) is 12.4. The van der Waals surface area contributed by atoms with Gasteiger partial charge in [-0.2, -0.15) is 0 Å². The highest BCUT2D eigenvalue weighted by Crippen LogP contribution is 2.49. The quantitative estimate of drug-likeness (QED) is 0.833. The van der Waals surface area contributed by atoms with Crippen LogP contribution < -0.4 is 9.47 Å². The Balaban J connectivity index is 2.18. The van der Waals surface area contributed by atoms with E-state index in [2.05, 4.69) is 0 Å². The van der Waals surface area contributed by atoms with Gasteiger partial charge in [0.2, 0.25) is 0 Å². The molecule has 20 heavy (non-hydrogen) atoms. The van der Waals surface area contributed by atoms with Crippen LogP contribution in [0.5, 0.6) is 11.5 Å². The molecule has 3 rings (SSSR count). The van der Waals surface area contributed by atoms with Crippen LogP contribution in [0, 0.1) is 0 Å². The second kappa shape index (κ2) is 5.68. The fourth-order valence-electron chi connectivity index (χ4n) is 3.45. The van der Waals surface area contributed by atoms with Crippen LogP contribution in [0.1, 0.15) is 47.5 Å². The van der Waals surface area contributed by atoms with E-state index in [-0.39, 0.29) is 5.78 Å². The number of Topliss-reactive ketones (excluding diaryl/α,β-unsaturated/α-hetero) is 1. The van der Waals surface area contributed by atoms with Gasteiger partial charge in [0.05, 0.1) is 20.0 Å². The molecule has 1 saturated carbocycles. The first-order valence-corrected chi connectivity index (χ1v) is 8.20. The molecule has 0 aromatic heterocycles. The van der Waals surface area contributed by atoms with E-state index >= 15 is 0 Å². The molecular formula is C16H20O3S. The SMILES string of the molecule is COc1ccc2c(c1OC)[C@H]1CCCC[C@H]1SCC2=O. The Kier molecular flexibility index (Phi) is 3.92. The maximum Gasteiger partial charge on any atom is 0.173 e. The van der Waals surface area contributed by atoms with E-state index in [9.17, 15) is 4.79 Å². The van der Waals surface area contributed by atoms with Crippen LogP contribution in [0.4, 0.5) is 0 Å². The Morgan fingerprint density at radius 2 is 1.95 bits per heavy atom. The lowest BCUT2D eigenvalue weighted by molar-refractivity contribution is 0.102. The molecular weight excluding hydrogens is 272 g/mol. The first-order chi connectivity index (χ1) is 9.76. The number of methoxy groups -OCH3 is 2. The third-order valence-electron chi connectivity index (χ3n) is 4.39. The minimum atomic E-state index is 0.223. The van der Waals surface area contributed by atoms with Crippen LogP contribution in [0.25, 0.3) is 0 Å². The summed E-state index contributed by atoms with van der Waals surface area (Å²) in [5.74, 6) is 2.72. The van der Waals surface area contributed by atoms with E-state index in [0.717, 1.165) is 29.0 Å². The Labute approximate surface area is 124 Å². The molecule has 2 atom stereocenters. The van der Waals surface area contributed by atoms with Gasteiger partial charge in [-0.15, -0.1) is 11.8 Å². The van der Waals surface area contributed by atoms with Gasteiger partial charge >= 0.3 is 0 Å². The second-order valence-corrected chi connectivity index (χ2v) is 6.65. The van der Waals surface area contributed by atoms with Crippen molar-refractivity contribution in [3.8, 4) is 11.5 Å². The first-order valence-electron chi connectivity index (χ1n) is 7.16. The largest absolute Gasteiger partial charge is 0.493 e. The molecule has 1 aromatic carbocycles.